The van der Waals surface area contributed by atoms with Gasteiger partial charge in [0.2, 0.25) is 0 Å². The van der Waals surface area contributed by atoms with Crippen LogP contribution in [0.4, 0.5) is 30.4 Å². The van der Waals surface area contributed by atoms with Crippen LogP contribution in [0.1, 0.15) is 5.56 Å². The highest BCUT2D eigenvalue weighted by atomic mass is 19.4. The van der Waals surface area contributed by atoms with E-state index in [1.807, 2.05) is 0 Å². The van der Waals surface area contributed by atoms with Gasteiger partial charge in [-0.1, -0.05) is 25.3 Å². The molecule has 1 heterocycles. The van der Waals surface area contributed by atoms with Gasteiger partial charge in [0.1, 0.15) is 5.69 Å². The first kappa shape index (κ1) is 22.4. The Morgan fingerprint density at radius 1 is 0.875 bits per heavy atom. The molecule has 0 spiro atoms. The molecule has 9 heteroatoms. The zero-order valence-corrected chi connectivity index (χ0v) is 16.6. The second kappa shape index (κ2) is 9.25. The van der Waals surface area contributed by atoms with Crippen LogP contribution < -0.4 is 10.2 Å². The summed E-state index contributed by atoms with van der Waals surface area (Å²) in [5, 5.41) is 2.96. The molecular weight excluding hydrogens is 421 g/mol. The van der Waals surface area contributed by atoms with Gasteiger partial charge in [0.25, 0.3) is 11.8 Å². The average Bonchev–Trinajstić information content (AvgIpc) is 2.79. The highest BCUT2D eigenvalue weighted by Gasteiger charge is 2.30. The molecule has 3 aromatic rings. The Labute approximate surface area is 181 Å². The van der Waals surface area contributed by atoms with E-state index in [0.29, 0.717) is 28.5 Å². The second-order valence-corrected chi connectivity index (χ2v) is 6.42. The summed E-state index contributed by atoms with van der Waals surface area (Å²) < 4.78 is 38.3. The lowest BCUT2D eigenvalue weighted by molar-refractivity contribution is -0.137. The molecule has 0 radical (unpaired) electrons. The van der Waals surface area contributed by atoms with Crippen LogP contribution in [0.25, 0.3) is 11.3 Å². The maximum Gasteiger partial charge on any atom is 0.416 e. The molecule has 0 saturated heterocycles. The van der Waals surface area contributed by atoms with Crippen LogP contribution in [-0.4, -0.2) is 21.8 Å². The zero-order valence-electron chi connectivity index (χ0n) is 16.6. The number of alkyl halides is 3. The van der Waals surface area contributed by atoms with Gasteiger partial charge in [0.15, 0.2) is 5.82 Å². The molecule has 0 aliphatic rings. The zero-order chi connectivity index (χ0) is 23.3. The summed E-state index contributed by atoms with van der Waals surface area (Å²) in [5.74, 6) is -0.889. The Kier molecular flexibility index (Phi) is 6.48. The van der Waals surface area contributed by atoms with Gasteiger partial charge in [-0.05, 0) is 48.6 Å². The first-order chi connectivity index (χ1) is 15.2. The van der Waals surface area contributed by atoms with E-state index in [1.165, 1.54) is 24.5 Å². The van der Waals surface area contributed by atoms with Gasteiger partial charge in [0.05, 0.1) is 11.3 Å². The van der Waals surface area contributed by atoms with Crippen molar-refractivity contribution in [3.8, 4) is 11.3 Å². The van der Waals surface area contributed by atoms with Crippen LogP contribution >= 0.6 is 0 Å². The third-order valence-electron chi connectivity index (χ3n) is 4.36. The first-order valence-electron chi connectivity index (χ1n) is 9.23. The molecule has 0 atom stereocenters. The summed E-state index contributed by atoms with van der Waals surface area (Å²) in [6, 6.07) is 10.9. The molecule has 0 unspecified atom stereocenters. The number of nitrogens with zero attached hydrogens (tertiary/aromatic N) is 3. The molecule has 0 aliphatic carbocycles. The van der Waals surface area contributed by atoms with Crippen molar-refractivity contribution in [2.24, 2.45) is 0 Å². The predicted molar refractivity (Wildman–Crippen MR) is 115 cm³/mol. The first-order valence-corrected chi connectivity index (χ1v) is 9.23. The van der Waals surface area contributed by atoms with Crippen molar-refractivity contribution >= 4 is 29.0 Å². The van der Waals surface area contributed by atoms with Crippen LogP contribution in [0.2, 0.25) is 0 Å². The minimum Gasteiger partial charge on any atom is -0.338 e. The van der Waals surface area contributed by atoms with Crippen molar-refractivity contribution in [1.29, 1.82) is 0 Å². The third kappa shape index (κ3) is 4.89. The van der Waals surface area contributed by atoms with Crippen molar-refractivity contribution in [3.05, 3.63) is 91.8 Å². The van der Waals surface area contributed by atoms with E-state index in [-0.39, 0.29) is 0 Å². The number of benzene rings is 2. The highest BCUT2D eigenvalue weighted by molar-refractivity contribution is 6.21. The van der Waals surface area contributed by atoms with Crippen LogP contribution in [0.5, 0.6) is 0 Å². The molecule has 32 heavy (non-hydrogen) atoms. The lowest BCUT2D eigenvalue weighted by Gasteiger charge is -2.18. The Hall–Kier alpha value is -4.27. The third-order valence-corrected chi connectivity index (χ3v) is 4.36. The number of nitrogens with one attached hydrogen (secondary N) is 1. The normalized spacial score (nSPS) is 10.8. The largest absolute Gasteiger partial charge is 0.416 e. The maximum atomic E-state index is 12.8. The number of anilines is 3. The minimum absolute atomic E-state index is 0.310. The predicted octanol–water partition coefficient (Wildman–Crippen LogP) is 5.14. The number of halogens is 3. The summed E-state index contributed by atoms with van der Waals surface area (Å²) >= 11 is 0. The van der Waals surface area contributed by atoms with Gasteiger partial charge in [-0.2, -0.15) is 13.2 Å². The summed E-state index contributed by atoms with van der Waals surface area (Å²) in [6.45, 7) is 6.78. The molecule has 0 bridgehead atoms. The lowest BCUT2D eigenvalue weighted by atomic mass is 10.1. The summed E-state index contributed by atoms with van der Waals surface area (Å²) in [6.07, 6.45) is 0.521. The Bertz CT molecular complexity index is 1140. The fraction of sp³-hybridized carbons (Fsp3) is 0.0435. The lowest BCUT2D eigenvalue weighted by Crippen LogP contribution is -2.34. The van der Waals surface area contributed by atoms with Crippen molar-refractivity contribution < 1.29 is 22.8 Å². The van der Waals surface area contributed by atoms with Gasteiger partial charge in [-0.3, -0.25) is 14.6 Å². The maximum absolute atomic E-state index is 12.8. The van der Waals surface area contributed by atoms with E-state index >= 15 is 0 Å². The molecule has 162 valence electrons. The van der Waals surface area contributed by atoms with Crippen LogP contribution in [0.3, 0.4) is 0 Å². The van der Waals surface area contributed by atoms with Crippen molar-refractivity contribution in [1.82, 2.24) is 9.97 Å². The topological polar surface area (TPSA) is 75.2 Å². The molecule has 2 aromatic carbocycles. The number of hydrogen-bond acceptors (Lipinski definition) is 5. The van der Waals surface area contributed by atoms with Gasteiger partial charge in [0, 0.05) is 23.6 Å². The van der Waals surface area contributed by atoms with Gasteiger partial charge in [-0.15, -0.1) is 0 Å². The van der Waals surface area contributed by atoms with Crippen molar-refractivity contribution in [3.63, 3.8) is 0 Å². The fourth-order valence-corrected chi connectivity index (χ4v) is 2.83. The van der Waals surface area contributed by atoms with Crippen molar-refractivity contribution in [2.75, 3.05) is 10.2 Å². The van der Waals surface area contributed by atoms with E-state index in [1.54, 1.807) is 24.3 Å². The van der Waals surface area contributed by atoms with Gasteiger partial charge < -0.3 is 5.32 Å². The number of aromatic nitrogens is 2. The standard InChI is InChI=1S/C23H17F3N4O2/c1-3-19(31)30(20(32)4-2)18-11-5-15(6-12-18)21-22(28-14-13-27-21)29-17-9-7-16(8-10-17)23(24,25)26/h3-14H,1-2H2,(H,28,29). The smallest absolute Gasteiger partial charge is 0.338 e. The average molecular weight is 438 g/mol. The molecule has 1 N–H and O–H groups in total. The quantitative estimate of drug-likeness (QED) is 0.540. The monoisotopic (exact) mass is 438 g/mol. The van der Waals surface area contributed by atoms with E-state index < -0.39 is 23.6 Å². The molecule has 3 rings (SSSR count). The molecule has 0 saturated carbocycles. The Balaban J connectivity index is 1.90. The Morgan fingerprint density at radius 2 is 1.44 bits per heavy atom. The molecule has 0 fully saturated rings. The summed E-state index contributed by atoms with van der Waals surface area (Å²) in [4.78, 5) is 33.5. The fourth-order valence-electron chi connectivity index (χ4n) is 2.83. The number of hydrogen-bond donors (Lipinski definition) is 1. The van der Waals surface area contributed by atoms with E-state index in [9.17, 15) is 22.8 Å². The molecule has 2 amide bonds. The minimum atomic E-state index is -4.42. The molecular formula is C23H17F3N4O2. The summed E-state index contributed by atoms with van der Waals surface area (Å²) in [7, 11) is 0. The number of carbonyl (C=O) groups excluding carboxylic acids is 2. The second-order valence-electron chi connectivity index (χ2n) is 6.42. The molecule has 6 nitrogen and oxygen atoms in total. The van der Waals surface area contributed by atoms with E-state index in [0.717, 1.165) is 29.2 Å². The van der Waals surface area contributed by atoms with Crippen LogP contribution in [-0.2, 0) is 15.8 Å². The van der Waals surface area contributed by atoms with Crippen LogP contribution in [0.15, 0.2) is 86.2 Å². The van der Waals surface area contributed by atoms with E-state index in [4.69, 9.17) is 0 Å². The number of imide groups is 1. The summed E-state index contributed by atoms with van der Waals surface area (Å²) in [5.41, 5.74) is 0.981. The molecule has 0 aliphatic heterocycles. The van der Waals surface area contributed by atoms with Gasteiger partial charge in [-0.25, -0.2) is 9.88 Å². The van der Waals surface area contributed by atoms with E-state index in [2.05, 4.69) is 28.4 Å². The van der Waals surface area contributed by atoms with Crippen LogP contribution in [0, 0.1) is 0 Å². The van der Waals surface area contributed by atoms with Gasteiger partial charge >= 0.3 is 6.18 Å². The number of amides is 2. The number of carbonyl (C=O) groups is 2. The molecule has 1 aromatic heterocycles. The number of rotatable bonds is 6. The highest BCUT2D eigenvalue weighted by Crippen LogP contribution is 2.32. The SMILES string of the molecule is C=CC(=O)N(C(=O)C=C)c1ccc(-c2nccnc2Nc2ccc(C(F)(F)F)cc2)cc1. The Morgan fingerprint density at radius 3 is 1.97 bits per heavy atom. The van der Waals surface area contributed by atoms with Crippen molar-refractivity contribution in [2.45, 2.75) is 6.18 Å².